The molecule has 2 aromatic rings. The van der Waals surface area contributed by atoms with Crippen LogP contribution in [0.1, 0.15) is 0 Å². The number of hydrogen-bond acceptors (Lipinski definition) is 3. The Balaban J connectivity index is 2.81. The van der Waals surface area contributed by atoms with Gasteiger partial charge in [0.15, 0.2) is 5.58 Å². The summed E-state index contributed by atoms with van der Waals surface area (Å²) in [6.07, 6.45) is 0. The standard InChI is InChI=1S/C8H4Cl2O3S/c9-6-3-1-2-5-4-7(13-8(5)6)14(10,11)12/h1-4H. The molecule has 1 aromatic heterocycles. The summed E-state index contributed by atoms with van der Waals surface area (Å²) < 4.78 is 26.9. The van der Waals surface area contributed by atoms with Crippen molar-refractivity contribution in [1.29, 1.82) is 0 Å². The molecule has 0 aliphatic rings. The number of para-hydroxylation sites is 1. The molecule has 74 valence electrons. The topological polar surface area (TPSA) is 47.3 Å². The highest BCUT2D eigenvalue weighted by molar-refractivity contribution is 8.13. The summed E-state index contributed by atoms with van der Waals surface area (Å²) in [6, 6.07) is 6.34. The fourth-order valence-electron chi connectivity index (χ4n) is 1.12. The van der Waals surface area contributed by atoms with Gasteiger partial charge in [-0.25, -0.2) is 8.42 Å². The van der Waals surface area contributed by atoms with Gasteiger partial charge in [0.1, 0.15) is 0 Å². The van der Waals surface area contributed by atoms with Gasteiger partial charge in [-0.05, 0) is 6.07 Å². The van der Waals surface area contributed by atoms with E-state index in [1.165, 1.54) is 6.07 Å². The van der Waals surface area contributed by atoms with Crippen molar-refractivity contribution in [3.05, 3.63) is 29.3 Å². The molecule has 0 atom stereocenters. The summed E-state index contributed by atoms with van der Waals surface area (Å²) in [4.78, 5) is 0. The van der Waals surface area contributed by atoms with Crippen LogP contribution in [0.4, 0.5) is 0 Å². The van der Waals surface area contributed by atoms with E-state index in [2.05, 4.69) is 0 Å². The van der Waals surface area contributed by atoms with Crippen molar-refractivity contribution in [1.82, 2.24) is 0 Å². The third-order valence-corrected chi connectivity index (χ3v) is 3.15. The van der Waals surface area contributed by atoms with E-state index in [-0.39, 0.29) is 5.09 Å². The minimum atomic E-state index is -3.83. The first kappa shape index (κ1) is 9.83. The Morgan fingerprint density at radius 3 is 2.57 bits per heavy atom. The van der Waals surface area contributed by atoms with Gasteiger partial charge >= 0.3 is 0 Å². The van der Waals surface area contributed by atoms with Crippen LogP contribution in [0.25, 0.3) is 11.0 Å². The van der Waals surface area contributed by atoms with Crippen molar-refractivity contribution in [2.24, 2.45) is 0 Å². The summed E-state index contributed by atoms with van der Waals surface area (Å²) in [7, 11) is 1.28. The lowest BCUT2D eigenvalue weighted by Crippen LogP contribution is -1.84. The molecule has 0 spiro atoms. The van der Waals surface area contributed by atoms with Crippen LogP contribution in [-0.4, -0.2) is 8.42 Å². The molecular formula is C8H4Cl2O3S. The van der Waals surface area contributed by atoms with Gasteiger partial charge in [-0.3, -0.25) is 0 Å². The van der Waals surface area contributed by atoms with Gasteiger partial charge in [0.2, 0.25) is 5.09 Å². The van der Waals surface area contributed by atoms with Crippen molar-refractivity contribution < 1.29 is 12.8 Å². The highest BCUT2D eigenvalue weighted by Crippen LogP contribution is 2.29. The Kier molecular flexibility index (Phi) is 2.21. The van der Waals surface area contributed by atoms with Crippen LogP contribution >= 0.6 is 22.3 Å². The third-order valence-electron chi connectivity index (χ3n) is 1.71. The average Bonchev–Trinajstić information content (AvgIpc) is 2.48. The molecule has 0 saturated carbocycles. The van der Waals surface area contributed by atoms with Crippen molar-refractivity contribution >= 4 is 42.3 Å². The largest absolute Gasteiger partial charge is 0.442 e. The minimum Gasteiger partial charge on any atom is -0.442 e. The molecule has 0 unspecified atom stereocenters. The highest BCUT2D eigenvalue weighted by atomic mass is 35.7. The molecule has 3 nitrogen and oxygen atoms in total. The first-order chi connectivity index (χ1) is 6.48. The van der Waals surface area contributed by atoms with Crippen molar-refractivity contribution in [2.75, 3.05) is 0 Å². The number of benzene rings is 1. The van der Waals surface area contributed by atoms with E-state index >= 15 is 0 Å². The van der Waals surface area contributed by atoms with E-state index in [1.54, 1.807) is 18.2 Å². The summed E-state index contributed by atoms with van der Waals surface area (Å²) in [6.45, 7) is 0. The van der Waals surface area contributed by atoms with E-state index < -0.39 is 9.05 Å². The van der Waals surface area contributed by atoms with Crippen molar-refractivity contribution in [3.8, 4) is 0 Å². The first-order valence-electron chi connectivity index (χ1n) is 3.61. The second-order valence-electron chi connectivity index (χ2n) is 2.66. The Morgan fingerprint density at radius 1 is 1.29 bits per heavy atom. The molecule has 0 fully saturated rings. The normalized spacial score (nSPS) is 12.1. The molecule has 0 saturated heterocycles. The number of furan rings is 1. The Morgan fingerprint density at radius 2 is 2.00 bits per heavy atom. The molecule has 0 bridgehead atoms. The predicted molar refractivity (Wildman–Crippen MR) is 54.3 cm³/mol. The van der Waals surface area contributed by atoms with Gasteiger partial charge in [0.25, 0.3) is 9.05 Å². The van der Waals surface area contributed by atoms with E-state index in [4.69, 9.17) is 26.7 Å². The first-order valence-corrected chi connectivity index (χ1v) is 6.30. The van der Waals surface area contributed by atoms with Gasteiger partial charge in [0.05, 0.1) is 5.02 Å². The van der Waals surface area contributed by atoms with Crippen LogP contribution in [-0.2, 0) is 9.05 Å². The van der Waals surface area contributed by atoms with Gasteiger partial charge in [-0.1, -0.05) is 23.7 Å². The zero-order valence-electron chi connectivity index (χ0n) is 6.70. The maximum atomic E-state index is 10.9. The maximum Gasteiger partial charge on any atom is 0.294 e. The van der Waals surface area contributed by atoms with E-state index in [1.807, 2.05) is 0 Å². The molecule has 14 heavy (non-hydrogen) atoms. The zero-order chi connectivity index (χ0) is 10.3. The van der Waals surface area contributed by atoms with Gasteiger partial charge in [-0.15, -0.1) is 0 Å². The molecule has 1 aromatic carbocycles. The summed E-state index contributed by atoms with van der Waals surface area (Å²) in [5, 5.41) is 0.674. The fourth-order valence-corrected chi connectivity index (χ4v) is 2.02. The molecule has 0 radical (unpaired) electrons. The van der Waals surface area contributed by atoms with Gasteiger partial charge in [0, 0.05) is 22.1 Å². The lowest BCUT2D eigenvalue weighted by atomic mass is 10.3. The molecule has 0 N–H and O–H groups in total. The monoisotopic (exact) mass is 250 g/mol. The Hall–Kier alpha value is -0.710. The Labute approximate surface area is 89.6 Å². The van der Waals surface area contributed by atoms with Gasteiger partial charge in [-0.2, -0.15) is 0 Å². The van der Waals surface area contributed by atoms with Crippen molar-refractivity contribution in [3.63, 3.8) is 0 Å². The molecule has 6 heteroatoms. The molecule has 0 amide bonds. The van der Waals surface area contributed by atoms with Crippen LogP contribution in [0.2, 0.25) is 5.02 Å². The fraction of sp³-hybridized carbons (Fsp3) is 0. The van der Waals surface area contributed by atoms with E-state index in [0.717, 1.165) is 0 Å². The van der Waals surface area contributed by atoms with Crippen LogP contribution < -0.4 is 0 Å². The maximum absolute atomic E-state index is 10.9. The number of fused-ring (bicyclic) bond motifs is 1. The SMILES string of the molecule is O=S(=O)(Cl)c1cc2cccc(Cl)c2o1. The zero-order valence-corrected chi connectivity index (χ0v) is 9.03. The molecule has 0 aliphatic carbocycles. The van der Waals surface area contributed by atoms with E-state index in [9.17, 15) is 8.42 Å². The summed E-state index contributed by atoms with van der Waals surface area (Å²) in [5.74, 6) is 0. The molecular weight excluding hydrogens is 247 g/mol. The van der Waals surface area contributed by atoms with Crippen LogP contribution in [0.15, 0.2) is 33.8 Å². The number of hydrogen-bond donors (Lipinski definition) is 0. The lowest BCUT2D eigenvalue weighted by Gasteiger charge is -1.89. The molecule has 2 rings (SSSR count). The lowest BCUT2D eigenvalue weighted by molar-refractivity contribution is 0.488. The average molecular weight is 251 g/mol. The van der Waals surface area contributed by atoms with Gasteiger partial charge < -0.3 is 4.42 Å². The Bertz CT molecular complexity index is 586. The second-order valence-corrected chi connectivity index (χ2v) is 5.57. The highest BCUT2D eigenvalue weighted by Gasteiger charge is 2.17. The molecule has 1 heterocycles. The number of halogens is 2. The molecule has 0 aliphatic heterocycles. The number of rotatable bonds is 1. The summed E-state index contributed by atoms with van der Waals surface area (Å²) >= 11 is 5.79. The van der Waals surface area contributed by atoms with Crippen LogP contribution in [0.3, 0.4) is 0 Å². The predicted octanol–water partition coefficient (Wildman–Crippen LogP) is 3.01. The van der Waals surface area contributed by atoms with Crippen LogP contribution in [0, 0.1) is 0 Å². The summed E-state index contributed by atoms with van der Waals surface area (Å²) in [5.41, 5.74) is 0.327. The second kappa shape index (κ2) is 3.15. The minimum absolute atomic E-state index is 0.290. The van der Waals surface area contributed by atoms with E-state index in [0.29, 0.717) is 16.0 Å². The smallest absolute Gasteiger partial charge is 0.294 e. The third kappa shape index (κ3) is 1.61. The van der Waals surface area contributed by atoms with Crippen LogP contribution in [0.5, 0.6) is 0 Å². The quantitative estimate of drug-likeness (QED) is 0.732. The van der Waals surface area contributed by atoms with Crippen molar-refractivity contribution in [2.45, 2.75) is 5.09 Å².